The van der Waals surface area contributed by atoms with E-state index in [4.69, 9.17) is 5.73 Å². The number of rotatable bonds is 4. The molecule has 0 heterocycles. The second-order valence-corrected chi connectivity index (χ2v) is 4.93. The largest absolute Gasteiger partial charge is 0.356 e. The second kappa shape index (κ2) is 6.11. The van der Waals surface area contributed by atoms with Crippen LogP contribution in [0.25, 0.3) is 0 Å². The zero-order valence-electron chi connectivity index (χ0n) is 9.96. The number of hydrogen-bond donors (Lipinski definition) is 2. The molecule has 15 heavy (non-hydrogen) atoms. The molecule has 3 N–H and O–H groups in total. The summed E-state index contributed by atoms with van der Waals surface area (Å²) in [5, 5.41) is 2.91. The van der Waals surface area contributed by atoms with Gasteiger partial charge in [-0.25, -0.2) is 0 Å². The lowest BCUT2D eigenvalue weighted by atomic mass is 9.76. The van der Waals surface area contributed by atoms with Gasteiger partial charge >= 0.3 is 0 Å². The van der Waals surface area contributed by atoms with Crippen molar-refractivity contribution in [3.05, 3.63) is 0 Å². The molecule has 88 valence electrons. The Bertz CT molecular complexity index is 198. The van der Waals surface area contributed by atoms with E-state index in [1.54, 1.807) is 6.92 Å². The highest BCUT2D eigenvalue weighted by Gasteiger charge is 2.24. The molecule has 0 aromatic heterocycles. The molecule has 1 atom stereocenters. The maximum absolute atomic E-state index is 10.8. The smallest absolute Gasteiger partial charge is 0.216 e. The van der Waals surface area contributed by atoms with E-state index in [1.807, 2.05) is 0 Å². The minimum Gasteiger partial charge on any atom is -0.356 e. The lowest BCUT2D eigenvalue weighted by Gasteiger charge is -2.31. The number of nitrogens with two attached hydrogens (primary N) is 1. The molecule has 1 amide bonds. The lowest BCUT2D eigenvalue weighted by molar-refractivity contribution is -0.119. The molecule has 0 spiro atoms. The minimum absolute atomic E-state index is 0.0902. The Labute approximate surface area is 92.8 Å². The van der Waals surface area contributed by atoms with Gasteiger partial charge in [0.05, 0.1) is 0 Å². The molecule has 0 aromatic rings. The molecular formula is C12H24N2O. The number of nitrogens with one attached hydrogen (secondary N) is 1. The second-order valence-electron chi connectivity index (χ2n) is 4.93. The van der Waals surface area contributed by atoms with Crippen LogP contribution in [0, 0.1) is 17.8 Å². The molecule has 0 aromatic carbocycles. The van der Waals surface area contributed by atoms with Crippen molar-refractivity contribution in [3.63, 3.8) is 0 Å². The van der Waals surface area contributed by atoms with Crippen molar-refractivity contribution in [1.82, 2.24) is 5.32 Å². The third-order valence-corrected chi connectivity index (χ3v) is 3.71. The molecule has 3 heteroatoms. The van der Waals surface area contributed by atoms with E-state index in [-0.39, 0.29) is 5.91 Å². The summed E-state index contributed by atoms with van der Waals surface area (Å²) in [6, 6.07) is 0. The summed E-state index contributed by atoms with van der Waals surface area (Å²) in [4.78, 5) is 10.8. The summed E-state index contributed by atoms with van der Waals surface area (Å²) in [6.07, 6.45) is 5.05. The molecule has 1 rings (SSSR count). The highest BCUT2D eigenvalue weighted by atomic mass is 16.1. The van der Waals surface area contributed by atoms with Gasteiger partial charge in [-0.3, -0.25) is 4.79 Å². The van der Waals surface area contributed by atoms with E-state index in [2.05, 4.69) is 12.2 Å². The number of hydrogen-bond acceptors (Lipinski definition) is 2. The molecule has 1 fully saturated rings. The van der Waals surface area contributed by atoms with Gasteiger partial charge in [-0.15, -0.1) is 0 Å². The first kappa shape index (κ1) is 12.5. The van der Waals surface area contributed by atoms with E-state index in [9.17, 15) is 4.79 Å². The van der Waals surface area contributed by atoms with Crippen LogP contribution in [-0.4, -0.2) is 19.0 Å². The Morgan fingerprint density at radius 3 is 2.47 bits per heavy atom. The van der Waals surface area contributed by atoms with Gasteiger partial charge in [0.2, 0.25) is 5.91 Å². The van der Waals surface area contributed by atoms with Crippen molar-refractivity contribution in [2.45, 2.75) is 39.5 Å². The molecule has 0 bridgehead atoms. The minimum atomic E-state index is 0.0902. The van der Waals surface area contributed by atoms with E-state index < -0.39 is 0 Å². The maximum atomic E-state index is 10.8. The van der Waals surface area contributed by atoms with Crippen molar-refractivity contribution in [3.8, 4) is 0 Å². The summed E-state index contributed by atoms with van der Waals surface area (Å²) in [5.41, 5.74) is 5.68. The maximum Gasteiger partial charge on any atom is 0.216 e. The van der Waals surface area contributed by atoms with Crippen molar-refractivity contribution >= 4 is 5.91 Å². The number of amides is 1. The summed E-state index contributed by atoms with van der Waals surface area (Å²) in [5.74, 6) is 2.25. The van der Waals surface area contributed by atoms with Gasteiger partial charge in [0, 0.05) is 13.5 Å². The highest BCUT2D eigenvalue weighted by Crippen LogP contribution is 2.32. The molecule has 1 saturated carbocycles. The zero-order chi connectivity index (χ0) is 11.3. The van der Waals surface area contributed by atoms with Gasteiger partial charge in [0.15, 0.2) is 0 Å². The molecular weight excluding hydrogens is 188 g/mol. The van der Waals surface area contributed by atoms with Gasteiger partial charge in [0.25, 0.3) is 0 Å². The summed E-state index contributed by atoms with van der Waals surface area (Å²) in [7, 11) is 0. The fourth-order valence-electron chi connectivity index (χ4n) is 2.44. The zero-order valence-corrected chi connectivity index (χ0v) is 9.96. The molecule has 1 unspecified atom stereocenters. The van der Waals surface area contributed by atoms with Crippen LogP contribution in [0.1, 0.15) is 39.5 Å². The Morgan fingerprint density at radius 2 is 2.00 bits per heavy atom. The average molecular weight is 212 g/mol. The molecule has 1 aliphatic rings. The van der Waals surface area contributed by atoms with E-state index in [0.717, 1.165) is 19.0 Å². The normalized spacial score (nSPS) is 28.5. The summed E-state index contributed by atoms with van der Waals surface area (Å²) < 4.78 is 0. The van der Waals surface area contributed by atoms with Crippen LogP contribution in [0.3, 0.4) is 0 Å². The number of carbonyl (C=O) groups excluding carboxylic acids is 1. The monoisotopic (exact) mass is 212 g/mol. The number of carbonyl (C=O) groups is 1. The SMILES string of the molecule is CC(=O)NCC1CCC(C(C)CN)CC1. The first-order valence-electron chi connectivity index (χ1n) is 6.08. The summed E-state index contributed by atoms with van der Waals surface area (Å²) >= 11 is 0. The van der Waals surface area contributed by atoms with Gasteiger partial charge in [0.1, 0.15) is 0 Å². The Hall–Kier alpha value is -0.570. The Balaban J connectivity index is 2.20. The molecule has 3 nitrogen and oxygen atoms in total. The van der Waals surface area contributed by atoms with Crippen LogP contribution in [0.15, 0.2) is 0 Å². The van der Waals surface area contributed by atoms with Crippen LogP contribution < -0.4 is 11.1 Å². The fraction of sp³-hybridized carbons (Fsp3) is 0.917. The van der Waals surface area contributed by atoms with Crippen molar-refractivity contribution in [2.24, 2.45) is 23.5 Å². The molecule has 0 aliphatic heterocycles. The van der Waals surface area contributed by atoms with Crippen molar-refractivity contribution in [1.29, 1.82) is 0 Å². The predicted octanol–water partition coefficient (Wildman–Crippen LogP) is 1.52. The van der Waals surface area contributed by atoms with E-state index in [1.165, 1.54) is 25.7 Å². The summed E-state index contributed by atoms with van der Waals surface area (Å²) in [6.45, 7) is 5.50. The van der Waals surface area contributed by atoms with Crippen LogP contribution in [-0.2, 0) is 4.79 Å². The van der Waals surface area contributed by atoms with Crippen LogP contribution in [0.5, 0.6) is 0 Å². The third-order valence-electron chi connectivity index (χ3n) is 3.71. The van der Waals surface area contributed by atoms with Gasteiger partial charge in [-0.1, -0.05) is 6.92 Å². The molecule has 0 radical (unpaired) electrons. The van der Waals surface area contributed by atoms with Crippen molar-refractivity contribution < 1.29 is 4.79 Å². The van der Waals surface area contributed by atoms with Crippen molar-refractivity contribution in [2.75, 3.05) is 13.1 Å². The van der Waals surface area contributed by atoms with E-state index >= 15 is 0 Å². The molecule has 1 aliphatic carbocycles. The fourth-order valence-corrected chi connectivity index (χ4v) is 2.44. The highest BCUT2D eigenvalue weighted by molar-refractivity contribution is 5.72. The van der Waals surface area contributed by atoms with Gasteiger partial charge < -0.3 is 11.1 Å². The van der Waals surface area contributed by atoms with Crippen LogP contribution in [0.4, 0.5) is 0 Å². The Morgan fingerprint density at radius 1 is 1.40 bits per heavy atom. The van der Waals surface area contributed by atoms with E-state index in [0.29, 0.717) is 11.8 Å². The van der Waals surface area contributed by atoms with Gasteiger partial charge in [-0.2, -0.15) is 0 Å². The predicted molar refractivity (Wildman–Crippen MR) is 62.4 cm³/mol. The Kier molecular flexibility index (Phi) is 5.09. The van der Waals surface area contributed by atoms with Crippen LogP contribution >= 0.6 is 0 Å². The average Bonchev–Trinajstić information content (AvgIpc) is 2.26. The topological polar surface area (TPSA) is 55.1 Å². The quantitative estimate of drug-likeness (QED) is 0.742. The molecule has 0 saturated heterocycles. The first-order chi connectivity index (χ1) is 7.13. The standard InChI is InChI=1S/C12H24N2O/c1-9(7-13)12-5-3-11(4-6-12)8-14-10(2)15/h9,11-12H,3-8,13H2,1-2H3,(H,14,15). The van der Waals surface area contributed by atoms with Crippen LogP contribution in [0.2, 0.25) is 0 Å². The lowest BCUT2D eigenvalue weighted by Crippen LogP contribution is -2.31. The third kappa shape index (κ3) is 4.20. The van der Waals surface area contributed by atoms with Gasteiger partial charge in [-0.05, 0) is 50.0 Å². The first-order valence-corrected chi connectivity index (χ1v) is 6.08.